The molecule has 0 amide bonds. The summed E-state index contributed by atoms with van der Waals surface area (Å²) in [5, 5.41) is 16.8. The number of carbonyl (C=O) groups is 1. The number of aliphatic hydroxyl groups is 1. The van der Waals surface area contributed by atoms with E-state index in [0.717, 1.165) is 0 Å². The molecule has 0 aliphatic heterocycles. The second-order valence-corrected chi connectivity index (χ2v) is 2.02. The molecule has 0 heterocycles. The van der Waals surface area contributed by atoms with E-state index in [1.54, 1.807) is 0 Å². The van der Waals surface area contributed by atoms with Crippen LogP contribution in [0.4, 0.5) is 0 Å². The van der Waals surface area contributed by atoms with Crippen molar-refractivity contribution in [3.63, 3.8) is 0 Å². The van der Waals surface area contributed by atoms with Crippen molar-refractivity contribution in [1.29, 1.82) is 0 Å². The van der Waals surface area contributed by atoms with E-state index < -0.39 is 11.9 Å². The van der Waals surface area contributed by atoms with E-state index in [4.69, 9.17) is 10.2 Å². The molecule has 0 aromatic rings. The average Bonchev–Trinajstić information content (AvgIpc) is 1.69. The molecular weight excluding hydrogens is 176 g/mol. The first-order valence-electron chi connectivity index (χ1n) is 2.12. The van der Waals surface area contributed by atoms with Gasteiger partial charge in [0.05, 0.1) is 12.5 Å². The van der Waals surface area contributed by atoms with Crippen molar-refractivity contribution in [2.75, 3.05) is 11.9 Å². The summed E-state index contributed by atoms with van der Waals surface area (Å²) in [5.41, 5.74) is 0. The van der Waals surface area contributed by atoms with Crippen molar-refractivity contribution >= 4 is 21.9 Å². The van der Waals surface area contributed by atoms with Gasteiger partial charge in [0.1, 0.15) is 0 Å². The molecule has 0 aromatic carbocycles. The lowest BCUT2D eigenvalue weighted by Crippen LogP contribution is -2.18. The van der Waals surface area contributed by atoms with E-state index in [2.05, 4.69) is 15.9 Å². The van der Waals surface area contributed by atoms with Crippen LogP contribution in [0.3, 0.4) is 0 Å². The molecule has 0 saturated carbocycles. The van der Waals surface area contributed by atoms with Crippen LogP contribution < -0.4 is 0 Å². The van der Waals surface area contributed by atoms with Crippen LogP contribution in [-0.4, -0.2) is 28.1 Å². The lowest BCUT2D eigenvalue weighted by Gasteiger charge is -2.00. The summed E-state index contributed by atoms with van der Waals surface area (Å²) >= 11 is 2.94. The summed E-state index contributed by atoms with van der Waals surface area (Å²) in [4.78, 5) is 9.97. The molecule has 8 heavy (non-hydrogen) atoms. The van der Waals surface area contributed by atoms with Gasteiger partial charge in [0, 0.05) is 5.33 Å². The Bertz CT molecular complexity index is 79.4. The fraction of sp³-hybridized carbons (Fsp3) is 0.750. The topological polar surface area (TPSA) is 57.5 Å². The SMILES string of the molecule is O=C(O)C(CO)CBr. The van der Waals surface area contributed by atoms with Crippen LogP contribution in [0.1, 0.15) is 0 Å². The van der Waals surface area contributed by atoms with Gasteiger partial charge in [-0.15, -0.1) is 0 Å². The van der Waals surface area contributed by atoms with E-state index in [9.17, 15) is 4.79 Å². The first-order chi connectivity index (χ1) is 3.72. The van der Waals surface area contributed by atoms with Crippen molar-refractivity contribution in [2.45, 2.75) is 0 Å². The highest BCUT2D eigenvalue weighted by molar-refractivity contribution is 9.09. The summed E-state index contributed by atoms with van der Waals surface area (Å²) in [6, 6.07) is 0. The summed E-state index contributed by atoms with van der Waals surface area (Å²) in [6.45, 7) is -0.305. The van der Waals surface area contributed by atoms with Crippen molar-refractivity contribution in [3.8, 4) is 0 Å². The number of carboxylic acid groups (broad SMARTS) is 1. The minimum atomic E-state index is -0.968. The van der Waals surface area contributed by atoms with Crippen LogP contribution in [0.2, 0.25) is 0 Å². The van der Waals surface area contributed by atoms with Crippen LogP contribution in [0, 0.1) is 5.92 Å². The molecule has 3 nitrogen and oxygen atoms in total. The lowest BCUT2D eigenvalue weighted by atomic mass is 10.2. The minimum absolute atomic E-state index is 0.304. The predicted molar refractivity (Wildman–Crippen MR) is 32.0 cm³/mol. The third-order valence-corrected chi connectivity index (χ3v) is 1.54. The van der Waals surface area contributed by atoms with Gasteiger partial charge in [-0.05, 0) is 0 Å². The number of rotatable bonds is 3. The highest BCUT2D eigenvalue weighted by Gasteiger charge is 2.12. The number of aliphatic hydroxyl groups excluding tert-OH is 1. The number of hydrogen-bond donors (Lipinski definition) is 2. The van der Waals surface area contributed by atoms with Gasteiger partial charge in [-0.1, -0.05) is 15.9 Å². The monoisotopic (exact) mass is 182 g/mol. The highest BCUT2D eigenvalue weighted by atomic mass is 79.9. The largest absolute Gasteiger partial charge is 0.481 e. The number of halogens is 1. The second kappa shape index (κ2) is 3.86. The molecule has 0 spiro atoms. The molecular formula is C4H7BrO3. The molecule has 0 bridgehead atoms. The Hall–Kier alpha value is -0.0900. The van der Waals surface area contributed by atoms with Gasteiger partial charge in [0.25, 0.3) is 0 Å². The molecule has 48 valence electrons. The molecule has 0 rings (SSSR count). The maximum absolute atomic E-state index is 9.97. The molecule has 2 N–H and O–H groups in total. The maximum Gasteiger partial charge on any atom is 0.309 e. The summed E-state index contributed by atoms with van der Waals surface area (Å²) in [5.74, 6) is -1.63. The molecule has 0 aliphatic rings. The molecule has 0 fully saturated rings. The molecule has 0 saturated heterocycles. The maximum atomic E-state index is 9.97. The van der Waals surface area contributed by atoms with Crippen molar-refractivity contribution in [3.05, 3.63) is 0 Å². The highest BCUT2D eigenvalue weighted by Crippen LogP contribution is 1.98. The van der Waals surface area contributed by atoms with Crippen LogP contribution in [0.5, 0.6) is 0 Å². The van der Waals surface area contributed by atoms with E-state index in [0.29, 0.717) is 5.33 Å². The van der Waals surface area contributed by atoms with Crippen LogP contribution in [-0.2, 0) is 4.79 Å². The fourth-order valence-corrected chi connectivity index (χ4v) is 0.675. The molecule has 1 unspecified atom stereocenters. The van der Waals surface area contributed by atoms with Crippen molar-refractivity contribution in [1.82, 2.24) is 0 Å². The third-order valence-electron chi connectivity index (χ3n) is 0.756. The normalized spacial score (nSPS) is 13.2. The Morgan fingerprint density at radius 3 is 2.25 bits per heavy atom. The number of carboxylic acids is 1. The van der Waals surface area contributed by atoms with E-state index in [1.165, 1.54) is 0 Å². The first kappa shape index (κ1) is 7.91. The van der Waals surface area contributed by atoms with E-state index >= 15 is 0 Å². The number of alkyl halides is 1. The van der Waals surface area contributed by atoms with Gasteiger partial charge in [-0.3, -0.25) is 4.79 Å². The summed E-state index contributed by atoms with van der Waals surface area (Å²) < 4.78 is 0. The molecule has 0 aliphatic carbocycles. The quantitative estimate of drug-likeness (QED) is 0.609. The average molecular weight is 183 g/mol. The Morgan fingerprint density at radius 1 is 1.75 bits per heavy atom. The van der Waals surface area contributed by atoms with Crippen LogP contribution in [0.25, 0.3) is 0 Å². The Balaban J connectivity index is 3.52. The molecule has 1 atom stereocenters. The van der Waals surface area contributed by atoms with Gasteiger partial charge >= 0.3 is 5.97 Å². The van der Waals surface area contributed by atoms with Gasteiger partial charge in [-0.2, -0.15) is 0 Å². The Kier molecular flexibility index (Phi) is 3.81. The third kappa shape index (κ3) is 2.28. The van der Waals surface area contributed by atoms with Crippen LogP contribution >= 0.6 is 15.9 Å². The minimum Gasteiger partial charge on any atom is -0.481 e. The van der Waals surface area contributed by atoms with Gasteiger partial charge in [0.2, 0.25) is 0 Å². The van der Waals surface area contributed by atoms with E-state index in [-0.39, 0.29) is 6.61 Å². The predicted octanol–water partition coefficient (Wildman–Crippen LogP) is 0.0744. The molecule has 4 heteroatoms. The van der Waals surface area contributed by atoms with E-state index in [1.807, 2.05) is 0 Å². The standard InChI is InChI=1S/C4H7BrO3/c5-1-3(2-6)4(7)8/h3,6H,1-2H2,(H,7,8). The second-order valence-electron chi connectivity index (χ2n) is 1.37. The van der Waals surface area contributed by atoms with Crippen LogP contribution in [0.15, 0.2) is 0 Å². The first-order valence-corrected chi connectivity index (χ1v) is 3.24. The fourth-order valence-electron chi connectivity index (χ4n) is 0.193. The summed E-state index contributed by atoms with van der Waals surface area (Å²) in [7, 11) is 0. The van der Waals surface area contributed by atoms with Gasteiger partial charge < -0.3 is 10.2 Å². The zero-order chi connectivity index (χ0) is 6.57. The number of hydrogen-bond acceptors (Lipinski definition) is 2. The van der Waals surface area contributed by atoms with Gasteiger partial charge in [0.15, 0.2) is 0 Å². The van der Waals surface area contributed by atoms with Crippen molar-refractivity contribution < 1.29 is 15.0 Å². The molecule has 0 radical (unpaired) electrons. The zero-order valence-electron chi connectivity index (χ0n) is 4.17. The number of aliphatic carboxylic acids is 1. The Labute approximate surface area is 55.5 Å². The zero-order valence-corrected chi connectivity index (χ0v) is 5.76. The lowest BCUT2D eigenvalue weighted by molar-refractivity contribution is -0.142. The smallest absolute Gasteiger partial charge is 0.309 e. The van der Waals surface area contributed by atoms with Gasteiger partial charge in [-0.25, -0.2) is 0 Å². The Morgan fingerprint density at radius 2 is 2.25 bits per heavy atom. The van der Waals surface area contributed by atoms with Crippen molar-refractivity contribution in [2.24, 2.45) is 5.92 Å². The molecule has 0 aromatic heterocycles. The summed E-state index contributed by atoms with van der Waals surface area (Å²) in [6.07, 6.45) is 0.